The van der Waals surface area contributed by atoms with Crippen LogP contribution in [-0.2, 0) is 28.1 Å². The first kappa shape index (κ1) is 40.9. The summed E-state index contributed by atoms with van der Waals surface area (Å²) in [5.41, 5.74) is 4.77. The van der Waals surface area contributed by atoms with Crippen molar-refractivity contribution in [3.05, 3.63) is 146 Å². The molecule has 1 saturated heterocycles. The molecule has 1 fully saturated rings. The third-order valence-corrected chi connectivity index (χ3v) is 19.3. The van der Waals surface area contributed by atoms with Gasteiger partial charge >= 0.3 is 0 Å². The Morgan fingerprint density at radius 3 is 0.889 bits per heavy atom. The quantitative estimate of drug-likeness (QED) is 0.131. The fourth-order valence-electron chi connectivity index (χ4n) is 8.85. The van der Waals surface area contributed by atoms with Crippen LogP contribution in [0.4, 0.5) is 0 Å². The van der Waals surface area contributed by atoms with E-state index in [2.05, 4.69) is 0 Å². The summed E-state index contributed by atoms with van der Waals surface area (Å²) in [6.45, 7) is -0.493. The summed E-state index contributed by atoms with van der Waals surface area (Å²) >= 11 is 0. The van der Waals surface area contributed by atoms with Crippen molar-refractivity contribution in [1.82, 2.24) is 14.7 Å². The largest absolute Gasteiger partial charge is 0.439 e. The number of hydrogen-bond donors (Lipinski definition) is 0. The van der Waals surface area contributed by atoms with E-state index in [1.165, 1.54) is 14.7 Å². The van der Waals surface area contributed by atoms with Crippen molar-refractivity contribution >= 4 is 55.7 Å². The lowest BCUT2D eigenvalue weighted by Crippen LogP contribution is -2.59. The SMILES string of the molecule is O=C(CCP1(=O)Oc2ccccc2-c2ccccc21)N1CN(C(=O)CCP2(=O)Oc3ccccc3-c3ccccc32)CN(C(=O)CCP2(=O)Oc3ccccc3-c3ccccc32)C1. The van der Waals surface area contributed by atoms with Gasteiger partial charge in [-0.3, -0.25) is 28.1 Å². The van der Waals surface area contributed by atoms with E-state index in [0.29, 0.717) is 33.2 Å². The van der Waals surface area contributed by atoms with Gasteiger partial charge in [-0.2, -0.15) is 0 Å². The molecule has 0 N–H and O–H groups in total. The Hall–Kier alpha value is -6.18. The summed E-state index contributed by atoms with van der Waals surface area (Å²) in [6, 6.07) is 43.9. The average Bonchev–Trinajstić information content (AvgIpc) is 3.32. The van der Waals surface area contributed by atoms with Crippen molar-refractivity contribution in [3.8, 4) is 50.6 Å². The highest BCUT2D eigenvalue weighted by molar-refractivity contribution is 7.68. The number of para-hydroxylation sites is 3. The highest BCUT2D eigenvalue weighted by Crippen LogP contribution is 2.57. The molecule has 15 heteroatoms. The van der Waals surface area contributed by atoms with Gasteiger partial charge < -0.3 is 28.3 Å². The van der Waals surface area contributed by atoms with Crippen molar-refractivity contribution in [2.45, 2.75) is 19.3 Å². The van der Waals surface area contributed by atoms with E-state index >= 15 is 0 Å². The Morgan fingerprint density at radius 1 is 0.365 bits per heavy atom. The van der Waals surface area contributed by atoms with Crippen molar-refractivity contribution in [1.29, 1.82) is 0 Å². The van der Waals surface area contributed by atoms with Crippen LogP contribution in [0.2, 0.25) is 0 Å². The van der Waals surface area contributed by atoms with E-state index < -0.39 is 39.8 Å². The number of benzene rings is 6. The number of hydrogen-bond acceptors (Lipinski definition) is 9. The molecule has 3 atom stereocenters. The molecule has 0 aliphatic carbocycles. The molecule has 6 aromatic rings. The molecular formula is C48H42N3O9P3. The minimum Gasteiger partial charge on any atom is -0.439 e. The summed E-state index contributed by atoms with van der Waals surface area (Å²) in [5, 5.41) is 1.57. The first-order valence-corrected chi connectivity index (χ1v) is 26.2. The topological polar surface area (TPSA) is 140 Å². The van der Waals surface area contributed by atoms with Crippen LogP contribution >= 0.6 is 22.1 Å². The molecule has 0 saturated carbocycles. The summed E-state index contributed by atoms with van der Waals surface area (Å²) in [4.78, 5) is 46.9. The van der Waals surface area contributed by atoms with E-state index in [4.69, 9.17) is 13.6 Å². The lowest BCUT2D eigenvalue weighted by Gasteiger charge is -2.42. The summed E-state index contributed by atoms with van der Waals surface area (Å²) in [5.74, 6) is 0.0859. The van der Waals surface area contributed by atoms with Crippen LogP contribution in [0.5, 0.6) is 17.2 Å². The van der Waals surface area contributed by atoms with Crippen LogP contribution in [0, 0.1) is 0 Å². The summed E-state index contributed by atoms with van der Waals surface area (Å²) in [7, 11) is -10.7. The van der Waals surface area contributed by atoms with Gasteiger partial charge in [0.2, 0.25) is 17.7 Å². The highest BCUT2D eigenvalue weighted by Gasteiger charge is 2.41. The lowest BCUT2D eigenvalue weighted by atomic mass is 10.0. The molecule has 0 radical (unpaired) electrons. The molecule has 4 aliphatic rings. The van der Waals surface area contributed by atoms with Gasteiger partial charge in [0.15, 0.2) is 0 Å². The molecule has 4 aliphatic heterocycles. The van der Waals surface area contributed by atoms with E-state index in [0.717, 1.165) is 33.4 Å². The Bertz CT molecular complexity index is 2670. The summed E-state index contributed by atoms with van der Waals surface area (Å²) < 4.78 is 62.4. The zero-order chi connectivity index (χ0) is 43.3. The number of carbonyl (C=O) groups excluding carboxylic acids is 3. The molecule has 63 heavy (non-hydrogen) atoms. The van der Waals surface area contributed by atoms with Gasteiger partial charge in [-0.15, -0.1) is 0 Å². The van der Waals surface area contributed by atoms with Gasteiger partial charge in [0.25, 0.3) is 22.1 Å². The Labute approximate surface area is 364 Å². The second-order valence-corrected chi connectivity index (χ2v) is 23.4. The first-order chi connectivity index (χ1) is 30.5. The fourth-order valence-corrected chi connectivity index (χ4v) is 15.7. The maximum atomic E-state index is 14.6. The molecule has 12 nitrogen and oxygen atoms in total. The van der Waals surface area contributed by atoms with Gasteiger partial charge in [0.05, 0.1) is 35.9 Å². The third-order valence-electron chi connectivity index (χ3n) is 12.0. The monoisotopic (exact) mass is 897 g/mol. The normalized spacial score (nSPS) is 21.4. The van der Waals surface area contributed by atoms with Crippen molar-refractivity contribution in [2.24, 2.45) is 0 Å². The third kappa shape index (κ3) is 7.50. The first-order valence-electron chi connectivity index (χ1n) is 20.8. The molecule has 3 amide bonds. The number of nitrogens with zero attached hydrogens (tertiary/aromatic N) is 3. The standard InChI is InChI=1S/C48H42N3O9P3/c52-46(25-28-61(55)43-22-10-4-16-37(43)34-13-1-7-19-40(34)58-61)49-31-50(47(53)26-29-62(56)44-23-11-5-17-38(44)35-14-2-8-20-41(35)59-62)33-51(32-49)48(54)27-30-63(57)45-24-12-6-18-39(45)36-15-3-9-21-42(36)60-63/h1-24H,25-33H2. The molecule has 4 heterocycles. The number of fused-ring (bicyclic) bond motifs is 9. The van der Waals surface area contributed by atoms with Crippen LogP contribution in [-0.4, -0.2) is 70.9 Å². The van der Waals surface area contributed by atoms with Gasteiger partial charge in [-0.25, -0.2) is 0 Å². The van der Waals surface area contributed by atoms with E-state index in [9.17, 15) is 28.1 Å². The Kier molecular flexibility index (Phi) is 10.5. The van der Waals surface area contributed by atoms with Gasteiger partial charge in [-0.05, 0) is 53.1 Å². The van der Waals surface area contributed by atoms with E-state index in [1.54, 1.807) is 72.8 Å². The van der Waals surface area contributed by atoms with Crippen LogP contribution < -0.4 is 29.5 Å². The molecular weight excluding hydrogens is 855 g/mol. The second kappa shape index (κ2) is 16.2. The molecule has 0 aromatic heterocycles. The maximum absolute atomic E-state index is 14.6. The smallest absolute Gasteiger partial charge is 0.278 e. The van der Waals surface area contributed by atoms with Crippen molar-refractivity contribution in [3.63, 3.8) is 0 Å². The molecule has 318 valence electrons. The van der Waals surface area contributed by atoms with Crippen LogP contribution in [0.1, 0.15) is 19.3 Å². The van der Waals surface area contributed by atoms with Gasteiger partial charge in [0.1, 0.15) is 17.2 Å². The van der Waals surface area contributed by atoms with Crippen LogP contribution in [0.3, 0.4) is 0 Å². The Balaban J connectivity index is 0.889. The number of rotatable bonds is 9. The molecule has 10 rings (SSSR count). The predicted octanol–water partition coefficient (Wildman–Crippen LogP) is 8.52. The zero-order valence-electron chi connectivity index (χ0n) is 34.1. The molecule has 0 spiro atoms. The minimum atomic E-state index is -3.58. The van der Waals surface area contributed by atoms with E-state index in [-0.39, 0.29) is 57.8 Å². The second-order valence-electron chi connectivity index (χ2n) is 16.0. The fraction of sp³-hybridized carbons (Fsp3) is 0.188. The number of carbonyl (C=O) groups is 3. The number of amides is 3. The van der Waals surface area contributed by atoms with Crippen molar-refractivity contribution in [2.75, 3.05) is 38.5 Å². The lowest BCUT2D eigenvalue weighted by molar-refractivity contribution is -0.158. The average molecular weight is 898 g/mol. The van der Waals surface area contributed by atoms with Gasteiger partial charge in [0, 0.05) is 54.4 Å². The van der Waals surface area contributed by atoms with Gasteiger partial charge in [-0.1, -0.05) is 109 Å². The van der Waals surface area contributed by atoms with Crippen LogP contribution in [0.15, 0.2) is 146 Å². The molecule has 3 unspecified atom stereocenters. The highest BCUT2D eigenvalue weighted by atomic mass is 31.2. The molecule has 6 aromatic carbocycles. The summed E-state index contributed by atoms with van der Waals surface area (Å²) in [6.07, 6.45) is -0.932. The Morgan fingerprint density at radius 2 is 0.603 bits per heavy atom. The van der Waals surface area contributed by atoms with Crippen molar-refractivity contribution < 1.29 is 41.6 Å². The predicted molar refractivity (Wildman–Crippen MR) is 243 cm³/mol. The maximum Gasteiger partial charge on any atom is 0.278 e. The minimum absolute atomic E-state index is 0.113. The molecule has 0 bridgehead atoms. The zero-order valence-corrected chi connectivity index (χ0v) is 36.8. The van der Waals surface area contributed by atoms with Crippen LogP contribution in [0.25, 0.3) is 33.4 Å². The van der Waals surface area contributed by atoms with E-state index in [1.807, 2.05) is 72.8 Å².